The van der Waals surface area contributed by atoms with Gasteiger partial charge in [0.1, 0.15) is 5.82 Å². The van der Waals surface area contributed by atoms with Crippen LogP contribution in [0.3, 0.4) is 0 Å². The smallest absolute Gasteiger partial charge is 0.234 e. The molecule has 2 aliphatic heterocycles. The molecule has 5 heteroatoms. The third kappa shape index (κ3) is 2.19. The van der Waals surface area contributed by atoms with E-state index in [1.54, 1.807) is 6.20 Å². The van der Waals surface area contributed by atoms with Crippen molar-refractivity contribution in [1.29, 1.82) is 0 Å². The van der Waals surface area contributed by atoms with Gasteiger partial charge in [-0.1, -0.05) is 13.0 Å². The van der Waals surface area contributed by atoms with E-state index in [1.807, 2.05) is 12.1 Å². The number of aromatic nitrogens is 1. The van der Waals surface area contributed by atoms with E-state index in [0.29, 0.717) is 18.3 Å². The SMILES string of the molecule is CC1CC2(C1)CN(c1ccc(C3CCC(=O)NC3=O)cn1)C2. The van der Waals surface area contributed by atoms with Gasteiger partial charge >= 0.3 is 0 Å². The van der Waals surface area contributed by atoms with Crippen LogP contribution in [-0.4, -0.2) is 29.9 Å². The molecule has 5 nitrogen and oxygen atoms in total. The van der Waals surface area contributed by atoms with Crippen molar-refractivity contribution in [2.45, 2.75) is 38.5 Å². The third-order valence-corrected chi connectivity index (χ3v) is 5.35. The number of carbonyl (C=O) groups excluding carboxylic acids is 2. The molecule has 0 bridgehead atoms. The van der Waals surface area contributed by atoms with Crippen LogP contribution in [0.1, 0.15) is 44.1 Å². The number of anilines is 1. The number of pyridine rings is 1. The summed E-state index contributed by atoms with van der Waals surface area (Å²) in [6.45, 7) is 4.55. The Morgan fingerprint density at radius 2 is 2.05 bits per heavy atom. The summed E-state index contributed by atoms with van der Waals surface area (Å²) >= 11 is 0. The largest absolute Gasteiger partial charge is 0.355 e. The zero-order valence-electron chi connectivity index (χ0n) is 12.8. The number of carbonyl (C=O) groups is 2. The Labute approximate surface area is 130 Å². The Morgan fingerprint density at radius 1 is 1.27 bits per heavy atom. The number of nitrogens with one attached hydrogen (secondary N) is 1. The fourth-order valence-electron chi connectivity index (χ4n) is 4.40. The summed E-state index contributed by atoms with van der Waals surface area (Å²) in [5.41, 5.74) is 1.46. The lowest BCUT2D eigenvalue weighted by Crippen LogP contribution is -2.62. The Balaban J connectivity index is 1.41. The summed E-state index contributed by atoms with van der Waals surface area (Å²) < 4.78 is 0. The highest BCUT2D eigenvalue weighted by atomic mass is 16.2. The fraction of sp³-hybridized carbons (Fsp3) is 0.588. The number of imide groups is 1. The van der Waals surface area contributed by atoms with Crippen LogP contribution in [0.15, 0.2) is 18.3 Å². The van der Waals surface area contributed by atoms with Gasteiger partial charge in [0, 0.05) is 31.1 Å². The predicted molar refractivity (Wildman–Crippen MR) is 82.4 cm³/mol. The quantitative estimate of drug-likeness (QED) is 0.846. The van der Waals surface area contributed by atoms with E-state index in [4.69, 9.17) is 0 Å². The molecule has 2 saturated heterocycles. The Bertz CT molecular complexity index is 611. The van der Waals surface area contributed by atoms with Crippen molar-refractivity contribution in [3.05, 3.63) is 23.9 Å². The maximum Gasteiger partial charge on any atom is 0.234 e. The minimum Gasteiger partial charge on any atom is -0.355 e. The average molecular weight is 299 g/mol. The zero-order valence-corrected chi connectivity index (χ0v) is 12.8. The second-order valence-corrected chi connectivity index (χ2v) is 7.32. The van der Waals surface area contributed by atoms with Crippen molar-refractivity contribution in [2.24, 2.45) is 11.3 Å². The van der Waals surface area contributed by atoms with Gasteiger partial charge in [-0.3, -0.25) is 14.9 Å². The molecule has 3 heterocycles. The normalized spacial score (nSPS) is 27.3. The molecule has 3 fully saturated rings. The summed E-state index contributed by atoms with van der Waals surface area (Å²) in [6, 6.07) is 3.99. The van der Waals surface area contributed by atoms with Crippen LogP contribution in [-0.2, 0) is 9.59 Å². The molecule has 1 N–H and O–H groups in total. The van der Waals surface area contributed by atoms with Crippen molar-refractivity contribution < 1.29 is 9.59 Å². The molecule has 4 rings (SSSR count). The summed E-state index contributed by atoms with van der Waals surface area (Å²) in [4.78, 5) is 29.9. The van der Waals surface area contributed by atoms with Crippen LogP contribution in [0.2, 0.25) is 0 Å². The first-order valence-corrected chi connectivity index (χ1v) is 8.09. The molecular formula is C17H21N3O2. The lowest BCUT2D eigenvalue weighted by molar-refractivity contribution is -0.134. The third-order valence-electron chi connectivity index (χ3n) is 5.35. The number of nitrogens with zero attached hydrogens (tertiary/aromatic N) is 2. The minimum atomic E-state index is -0.241. The molecule has 0 radical (unpaired) electrons. The highest BCUT2D eigenvalue weighted by Gasteiger charge is 2.51. The van der Waals surface area contributed by atoms with E-state index < -0.39 is 0 Å². The average Bonchev–Trinajstić information content (AvgIpc) is 2.42. The molecule has 1 aromatic heterocycles. The molecule has 22 heavy (non-hydrogen) atoms. The van der Waals surface area contributed by atoms with Crippen LogP contribution >= 0.6 is 0 Å². The maximum absolute atomic E-state index is 11.9. The van der Waals surface area contributed by atoms with Crippen molar-refractivity contribution in [3.8, 4) is 0 Å². The van der Waals surface area contributed by atoms with Crippen molar-refractivity contribution in [3.63, 3.8) is 0 Å². The van der Waals surface area contributed by atoms with Gasteiger partial charge in [-0.15, -0.1) is 0 Å². The number of amides is 2. The summed E-state index contributed by atoms with van der Waals surface area (Å²) in [6.07, 6.45) is 5.47. The van der Waals surface area contributed by atoms with Crippen LogP contribution in [0.5, 0.6) is 0 Å². The number of hydrogen-bond acceptors (Lipinski definition) is 4. The van der Waals surface area contributed by atoms with Crippen LogP contribution < -0.4 is 10.2 Å². The first-order valence-electron chi connectivity index (χ1n) is 8.09. The van der Waals surface area contributed by atoms with Gasteiger partial charge in [0.2, 0.25) is 11.8 Å². The van der Waals surface area contributed by atoms with Gasteiger partial charge in [-0.2, -0.15) is 0 Å². The van der Waals surface area contributed by atoms with Gasteiger partial charge in [0.05, 0.1) is 5.92 Å². The topological polar surface area (TPSA) is 62.3 Å². The van der Waals surface area contributed by atoms with Crippen molar-refractivity contribution >= 4 is 17.6 Å². The molecule has 3 aliphatic rings. The molecular weight excluding hydrogens is 278 g/mol. The van der Waals surface area contributed by atoms with Crippen LogP contribution in [0.25, 0.3) is 0 Å². The van der Waals surface area contributed by atoms with Crippen LogP contribution in [0.4, 0.5) is 5.82 Å². The molecule has 1 unspecified atom stereocenters. The van der Waals surface area contributed by atoms with E-state index in [9.17, 15) is 9.59 Å². The van der Waals surface area contributed by atoms with E-state index in [2.05, 4.69) is 22.1 Å². The van der Waals surface area contributed by atoms with Gasteiger partial charge in [-0.25, -0.2) is 4.98 Å². The Kier molecular flexibility index (Phi) is 2.99. The number of hydrogen-bond donors (Lipinski definition) is 1. The van der Waals surface area contributed by atoms with Gasteiger partial charge < -0.3 is 4.90 Å². The molecule has 1 aromatic rings. The monoisotopic (exact) mass is 299 g/mol. The maximum atomic E-state index is 11.9. The molecule has 1 aliphatic carbocycles. The number of rotatable bonds is 2. The summed E-state index contributed by atoms with van der Waals surface area (Å²) in [5.74, 6) is 1.27. The molecule has 1 spiro atoms. The van der Waals surface area contributed by atoms with E-state index in [-0.39, 0.29) is 17.7 Å². The molecule has 1 atom stereocenters. The van der Waals surface area contributed by atoms with Gasteiger partial charge in [0.15, 0.2) is 0 Å². The fourth-order valence-corrected chi connectivity index (χ4v) is 4.40. The zero-order chi connectivity index (χ0) is 15.3. The second-order valence-electron chi connectivity index (χ2n) is 7.32. The van der Waals surface area contributed by atoms with Crippen molar-refractivity contribution in [1.82, 2.24) is 10.3 Å². The van der Waals surface area contributed by atoms with Gasteiger partial charge in [0.25, 0.3) is 0 Å². The van der Waals surface area contributed by atoms with Crippen LogP contribution in [0, 0.1) is 11.3 Å². The summed E-state index contributed by atoms with van der Waals surface area (Å²) in [5, 5.41) is 2.40. The molecule has 2 amide bonds. The van der Waals surface area contributed by atoms with Crippen molar-refractivity contribution in [2.75, 3.05) is 18.0 Å². The molecule has 1 saturated carbocycles. The lowest BCUT2D eigenvalue weighted by Gasteiger charge is -2.59. The Hall–Kier alpha value is -1.91. The highest BCUT2D eigenvalue weighted by molar-refractivity contribution is 6.00. The summed E-state index contributed by atoms with van der Waals surface area (Å²) in [7, 11) is 0. The van der Waals surface area contributed by atoms with E-state index >= 15 is 0 Å². The first-order chi connectivity index (χ1) is 10.5. The lowest BCUT2D eigenvalue weighted by atomic mass is 9.58. The Morgan fingerprint density at radius 3 is 2.64 bits per heavy atom. The first kappa shape index (κ1) is 13.7. The van der Waals surface area contributed by atoms with Gasteiger partial charge in [-0.05, 0) is 36.8 Å². The molecule has 0 aromatic carbocycles. The predicted octanol–water partition coefficient (Wildman–Crippen LogP) is 1.84. The van der Waals surface area contributed by atoms with E-state index in [1.165, 1.54) is 12.8 Å². The second kappa shape index (κ2) is 4.80. The van der Waals surface area contributed by atoms with E-state index in [0.717, 1.165) is 30.4 Å². The number of piperidine rings is 1. The highest BCUT2D eigenvalue weighted by Crippen LogP contribution is 2.52. The minimum absolute atomic E-state index is 0.175. The molecule has 116 valence electrons. The standard InChI is InChI=1S/C17H21N3O2/c1-11-6-17(7-11)9-20(10-17)14-4-2-12(8-18-14)13-3-5-15(21)19-16(13)22/h2,4,8,11,13H,3,5-7,9-10H2,1H3,(H,19,21,22).